The van der Waals surface area contributed by atoms with Crippen LogP contribution in [0.1, 0.15) is 103 Å². The molecule has 0 atom stereocenters. The second-order valence-corrected chi connectivity index (χ2v) is 15.4. The van der Waals surface area contributed by atoms with Crippen LogP contribution in [0, 0.1) is 20.9 Å². The molecule has 7 heteroatoms. The van der Waals surface area contributed by atoms with E-state index in [0.717, 1.165) is 70.3 Å². The number of para-hydroxylation sites is 1. The normalized spacial score (nSPS) is 22.2. The standard InChI is InChI=1S/C38H43N3O4/c1-37(2)18-30-35(32(42)20-37)34(36-31(19-38(3,4)21-33(36)43)40(30)25-10-6-5-7-11-25)28-23-39(29-13-9-8-12-27(28)29)22-24-14-16-26(17-15-24)41(44)45/h8-9,12-17,23,25,34H,5-7,10-11,18-22H2,1-4H3. The third kappa shape index (κ3) is 5.24. The van der Waals surface area contributed by atoms with Crippen molar-refractivity contribution in [2.45, 2.75) is 104 Å². The molecule has 0 amide bonds. The van der Waals surface area contributed by atoms with Crippen LogP contribution in [0.4, 0.5) is 5.69 Å². The highest BCUT2D eigenvalue weighted by Gasteiger charge is 2.50. The fourth-order valence-corrected chi connectivity index (χ4v) is 8.64. The molecule has 234 valence electrons. The summed E-state index contributed by atoms with van der Waals surface area (Å²) in [4.78, 5) is 42.2. The van der Waals surface area contributed by atoms with Crippen molar-refractivity contribution >= 4 is 28.2 Å². The van der Waals surface area contributed by atoms with Gasteiger partial charge >= 0.3 is 0 Å². The molecule has 1 aliphatic heterocycles. The summed E-state index contributed by atoms with van der Waals surface area (Å²) in [5, 5.41) is 12.3. The molecule has 7 nitrogen and oxygen atoms in total. The Bertz CT molecular complexity index is 1730. The van der Waals surface area contributed by atoms with Crippen LogP contribution in [0.3, 0.4) is 0 Å². The summed E-state index contributed by atoms with van der Waals surface area (Å²) >= 11 is 0. The Kier molecular flexibility index (Phi) is 7.14. The summed E-state index contributed by atoms with van der Waals surface area (Å²) < 4.78 is 2.17. The molecule has 0 spiro atoms. The number of aromatic nitrogens is 1. The number of carbonyl (C=O) groups is 2. The molecule has 1 fully saturated rings. The van der Waals surface area contributed by atoms with Crippen LogP contribution in [-0.2, 0) is 16.1 Å². The molecule has 1 saturated carbocycles. The number of nitro benzene ring substituents is 1. The number of fused-ring (bicyclic) bond motifs is 1. The van der Waals surface area contributed by atoms with Crippen LogP contribution in [0.15, 0.2) is 77.3 Å². The Hall–Kier alpha value is -4.00. The molecule has 3 aromatic rings. The highest BCUT2D eigenvalue weighted by atomic mass is 16.6. The number of benzene rings is 2. The predicted molar refractivity (Wildman–Crippen MR) is 176 cm³/mol. The van der Waals surface area contributed by atoms with Crippen LogP contribution in [0.5, 0.6) is 0 Å². The second kappa shape index (κ2) is 10.8. The van der Waals surface area contributed by atoms with Gasteiger partial charge in [0.15, 0.2) is 11.6 Å². The molecule has 0 N–H and O–H groups in total. The first-order valence-corrected chi connectivity index (χ1v) is 16.6. The highest BCUT2D eigenvalue weighted by Crippen LogP contribution is 2.56. The minimum Gasteiger partial charge on any atom is -0.345 e. The molecular weight excluding hydrogens is 562 g/mol. The SMILES string of the molecule is CC1(C)CC(=O)C2=C(C1)N(C1CCCCC1)C1=C(C(=O)CC(C)(C)C1)C2c1cn(Cc2ccc([N+](=O)[O-])cc2)c2ccccc12. The number of Topliss-reactive ketones (excluding diaryl/α,β-unsaturated/α-hetero) is 2. The van der Waals surface area contributed by atoms with E-state index in [0.29, 0.717) is 25.4 Å². The maximum atomic E-state index is 14.4. The van der Waals surface area contributed by atoms with Gasteiger partial charge in [0.05, 0.1) is 4.92 Å². The van der Waals surface area contributed by atoms with Crippen LogP contribution < -0.4 is 0 Å². The van der Waals surface area contributed by atoms with Gasteiger partial charge in [0.2, 0.25) is 0 Å². The summed E-state index contributed by atoms with van der Waals surface area (Å²) in [6, 6.07) is 15.3. The first-order valence-electron chi connectivity index (χ1n) is 16.6. The Balaban J connectivity index is 1.44. The number of nitrogens with zero attached hydrogens (tertiary/aromatic N) is 3. The Morgan fingerprint density at radius 1 is 0.800 bits per heavy atom. The predicted octanol–water partition coefficient (Wildman–Crippen LogP) is 8.62. The lowest BCUT2D eigenvalue weighted by atomic mass is 9.63. The van der Waals surface area contributed by atoms with Crippen LogP contribution in [-0.4, -0.2) is 32.0 Å². The Labute approximate surface area is 265 Å². The van der Waals surface area contributed by atoms with Gasteiger partial charge in [-0.2, -0.15) is 0 Å². The highest BCUT2D eigenvalue weighted by molar-refractivity contribution is 6.08. The van der Waals surface area contributed by atoms with Crippen LogP contribution in [0.2, 0.25) is 0 Å². The van der Waals surface area contributed by atoms with Crippen LogP contribution in [0.25, 0.3) is 10.9 Å². The Morgan fingerprint density at radius 3 is 1.96 bits per heavy atom. The van der Waals surface area contributed by atoms with Crippen molar-refractivity contribution in [3.63, 3.8) is 0 Å². The average Bonchev–Trinajstić information content (AvgIpc) is 3.33. The molecule has 3 aliphatic carbocycles. The number of rotatable bonds is 5. The quantitative estimate of drug-likeness (QED) is 0.215. The molecular formula is C38H43N3O4. The number of allylic oxidation sites excluding steroid dienone is 4. The minimum atomic E-state index is -0.398. The maximum absolute atomic E-state index is 14.4. The van der Waals surface area contributed by atoms with Crippen molar-refractivity contribution in [3.8, 4) is 0 Å². The van der Waals surface area contributed by atoms with Crippen molar-refractivity contribution in [3.05, 3.63) is 98.5 Å². The summed E-state index contributed by atoms with van der Waals surface area (Å²) in [5.41, 5.74) is 6.74. The minimum absolute atomic E-state index is 0.0675. The van der Waals surface area contributed by atoms with Gasteiger partial charge in [-0.05, 0) is 53.7 Å². The lowest BCUT2D eigenvalue weighted by molar-refractivity contribution is -0.384. The fraction of sp³-hybridized carbons (Fsp3) is 0.474. The van der Waals surface area contributed by atoms with Crippen molar-refractivity contribution in [1.82, 2.24) is 9.47 Å². The van der Waals surface area contributed by atoms with E-state index in [-0.39, 0.29) is 33.0 Å². The number of hydrogen-bond acceptors (Lipinski definition) is 5. The van der Waals surface area contributed by atoms with Gasteiger partial charge in [-0.1, -0.05) is 77.3 Å². The molecule has 0 bridgehead atoms. The third-order valence-electron chi connectivity index (χ3n) is 10.5. The number of ketones is 2. The zero-order valence-electron chi connectivity index (χ0n) is 26.9. The lowest BCUT2D eigenvalue weighted by Gasteiger charge is -2.52. The van der Waals surface area contributed by atoms with E-state index in [4.69, 9.17) is 0 Å². The summed E-state index contributed by atoms with van der Waals surface area (Å²) in [7, 11) is 0. The smallest absolute Gasteiger partial charge is 0.269 e. The maximum Gasteiger partial charge on any atom is 0.269 e. The summed E-state index contributed by atoms with van der Waals surface area (Å²) in [6.45, 7) is 9.36. The van der Waals surface area contributed by atoms with Gasteiger partial charge in [0.1, 0.15) is 0 Å². The molecule has 45 heavy (non-hydrogen) atoms. The van der Waals surface area contributed by atoms with Gasteiger partial charge in [-0.15, -0.1) is 0 Å². The van der Waals surface area contributed by atoms with E-state index >= 15 is 0 Å². The fourth-order valence-electron chi connectivity index (χ4n) is 8.64. The van der Waals surface area contributed by atoms with Gasteiger partial charge in [0, 0.05) is 83.1 Å². The zero-order chi connectivity index (χ0) is 31.7. The largest absolute Gasteiger partial charge is 0.345 e. The van der Waals surface area contributed by atoms with Crippen molar-refractivity contribution in [1.29, 1.82) is 0 Å². The number of carbonyl (C=O) groups excluding carboxylic acids is 2. The second-order valence-electron chi connectivity index (χ2n) is 15.4. The van der Waals surface area contributed by atoms with Gasteiger partial charge in [-0.3, -0.25) is 19.7 Å². The van der Waals surface area contributed by atoms with Gasteiger partial charge in [-0.25, -0.2) is 0 Å². The van der Waals surface area contributed by atoms with E-state index < -0.39 is 5.92 Å². The topological polar surface area (TPSA) is 85.5 Å². The average molecular weight is 606 g/mol. The molecule has 7 rings (SSSR count). The van der Waals surface area contributed by atoms with Gasteiger partial charge < -0.3 is 9.47 Å². The van der Waals surface area contributed by atoms with E-state index in [1.807, 2.05) is 12.1 Å². The van der Waals surface area contributed by atoms with E-state index in [1.54, 1.807) is 24.3 Å². The Morgan fingerprint density at radius 2 is 1.38 bits per heavy atom. The van der Waals surface area contributed by atoms with Crippen LogP contribution >= 0.6 is 0 Å². The zero-order valence-corrected chi connectivity index (χ0v) is 26.9. The monoisotopic (exact) mass is 605 g/mol. The molecule has 0 saturated heterocycles. The number of non-ortho nitro benzene ring substituents is 1. The molecule has 4 aliphatic rings. The van der Waals surface area contributed by atoms with Crippen molar-refractivity contribution in [2.24, 2.45) is 10.8 Å². The van der Waals surface area contributed by atoms with E-state index in [2.05, 4.69) is 55.5 Å². The summed E-state index contributed by atoms with van der Waals surface area (Å²) in [5.74, 6) is -0.0584. The number of nitro groups is 1. The molecule has 1 aromatic heterocycles. The van der Waals surface area contributed by atoms with Gasteiger partial charge in [0.25, 0.3) is 5.69 Å². The van der Waals surface area contributed by atoms with E-state index in [1.165, 1.54) is 19.3 Å². The van der Waals surface area contributed by atoms with Crippen molar-refractivity contribution in [2.75, 3.05) is 0 Å². The summed E-state index contributed by atoms with van der Waals surface area (Å²) in [6.07, 6.45) is 10.5. The first kappa shape index (κ1) is 29.7. The number of hydrogen-bond donors (Lipinski definition) is 0. The molecule has 2 heterocycles. The third-order valence-corrected chi connectivity index (χ3v) is 10.5. The molecule has 0 radical (unpaired) electrons. The molecule has 2 aromatic carbocycles. The molecule has 0 unspecified atom stereocenters. The van der Waals surface area contributed by atoms with E-state index in [9.17, 15) is 19.7 Å². The van der Waals surface area contributed by atoms with Crippen molar-refractivity contribution < 1.29 is 14.5 Å². The lowest BCUT2D eigenvalue weighted by Crippen LogP contribution is -2.48. The first-order chi connectivity index (χ1) is 21.4.